The van der Waals surface area contributed by atoms with Crippen LogP contribution in [-0.2, 0) is 11.3 Å². The van der Waals surface area contributed by atoms with Gasteiger partial charge in [-0.15, -0.1) is 11.3 Å². The molecule has 0 bridgehead atoms. The van der Waals surface area contributed by atoms with Crippen LogP contribution in [0.2, 0.25) is 0 Å². The van der Waals surface area contributed by atoms with Crippen molar-refractivity contribution in [3.8, 4) is 0 Å². The molecule has 0 radical (unpaired) electrons. The minimum atomic E-state index is -0.261. The second-order valence-corrected chi connectivity index (χ2v) is 9.06. The third-order valence-electron chi connectivity index (χ3n) is 5.94. The molecule has 1 aliphatic carbocycles. The van der Waals surface area contributed by atoms with E-state index in [1.165, 1.54) is 22.2 Å². The molecular weight excluding hydrogens is 390 g/mol. The third-order valence-corrected chi connectivity index (χ3v) is 7.12. The van der Waals surface area contributed by atoms with Crippen LogP contribution in [-0.4, -0.2) is 70.4 Å². The summed E-state index contributed by atoms with van der Waals surface area (Å²) in [5.74, 6) is -0.203. The highest BCUT2D eigenvalue weighted by Gasteiger charge is 2.26. The van der Waals surface area contributed by atoms with Crippen LogP contribution in [0.5, 0.6) is 0 Å². The molecule has 156 valence electrons. The SMILES string of the molecule is Cc1c(C(=O)N2CCN(C)CC2)sc2ncn(CC(=O)NC3CCCC3)c(=O)c12. The number of fused-ring (bicyclic) bond motifs is 1. The molecule has 9 heteroatoms. The van der Waals surface area contributed by atoms with Crippen LogP contribution >= 0.6 is 11.3 Å². The monoisotopic (exact) mass is 417 g/mol. The average Bonchev–Trinajstić information content (AvgIpc) is 3.32. The van der Waals surface area contributed by atoms with Crippen LogP contribution in [0.3, 0.4) is 0 Å². The summed E-state index contributed by atoms with van der Waals surface area (Å²) >= 11 is 1.26. The van der Waals surface area contributed by atoms with E-state index < -0.39 is 0 Å². The fourth-order valence-corrected chi connectivity index (χ4v) is 5.23. The number of carbonyl (C=O) groups excluding carboxylic acids is 2. The first-order chi connectivity index (χ1) is 13.9. The van der Waals surface area contributed by atoms with Crippen molar-refractivity contribution in [1.29, 1.82) is 0 Å². The van der Waals surface area contributed by atoms with Crippen LogP contribution in [0.15, 0.2) is 11.1 Å². The van der Waals surface area contributed by atoms with Gasteiger partial charge in [0.25, 0.3) is 11.5 Å². The molecule has 8 nitrogen and oxygen atoms in total. The topological polar surface area (TPSA) is 87.5 Å². The van der Waals surface area contributed by atoms with Gasteiger partial charge in [-0.25, -0.2) is 4.98 Å². The number of carbonyl (C=O) groups is 2. The van der Waals surface area contributed by atoms with Crippen molar-refractivity contribution in [3.05, 3.63) is 27.1 Å². The van der Waals surface area contributed by atoms with Crippen molar-refractivity contribution in [2.75, 3.05) is 33.2 Å². The van der Waals surface area contributed by atoms with Crippen molar-refractivity contribution in [2.45, 2.75) is 45.2 Å². The smallest absolute Gasteiger partial charge is 0.264 e. The van der Waals surface area contributed by atoms with Gasteiger partial charge in [0.1, 0.15) is 11.4 Å². The fraction of sp³-hybridized carbons (Fsp3) is 0.600. The Morgan fingerprint density at radius 3 is 2.59 bits per heavy atom. The van der Waals surface area contributed by atoms with E-state index in [4.69, 9.17) is 0 Å². The molecule has 29 heavy (non-hydrogen) atoms. The highest BCUT2D eigenvalue weighted by atomic mass is 32.1. The Hall–Kier alpha value is -2.26. The van der Waals surface area contributed by atoms with E-state index in [0.29, 0.717) is 33.7 Å². The molecule has 3 heterocycles. The average molecular weight is 418 g/mol. The summed E-state index contributed by atoms with van der Waals surface area (Å²) in [5, 5.41) is 3.45. The van der Waals surface area contributed by atoms with E-state index in [2.05, 4.69) is 15.2 Å². The van der Waals surface area contributed by atoms with Crippen LogP contribution in [0.25, 0.3) is 10.2 Å². The number of nitrogens with zero attached hydrogens (tertiary/aromatic N) is 4. The van der Waals surface area contributed by atoms with E-state index in [-0.39, 0.29) is 30.0 Å². The predicted octanol–water partition coefficient (Wildman–Crippen LogP) is 1.21. The number of hydrogen-bond acceptors (Lipinski definition) is 6. The summed E-state index contributed by atoms with van der Waals surface area (Å²) in [6, 6.07) is 0.214. The highest BCUT2D eigenvalue weighted by Crippen LogP contribution is 2.28. The molecule has 2 aromatic rings. The Bertz CT molecular complexity index is 984. The molecule has 1 aliphatic heterocycles. The molecule has 0 spiro atoms. The summed E-state index contributed by atoms with van der Waals surface area (Å²) in [6.45, 7) is 4.81. The number of aromatic nitrogens is 2. The lowest BCUT2D eigenvalue weighted by Crippen LogP contribution is -2.47. The summed E-state index contributed by atoms with van der Waals surface area (Å²) in [7, 11) is 2.04. The lowest BCUT2D eigenvalue weighted by molar-refractivity contribution is -0.122. The van der Waals surface area contributed by atoms with Crippen molar-refractivity contribution in [1.82, 2.24) is 24.7 Å². The summed E-state index contributed by atoms with van der Waals surface area (Å²) < 4.78 is 1.34. The Morgan fingerprint density at radius 1 is 1.21 bits per heavy atom. The number of likely N-dealkylation sites (N-methyl/N-ethyl adjacent to an activating group) is 1. The fourth-order valence-electron chi connectivity index (χ4n) is 4.13. The standard InChI is InChI=1S/C20H27N5O3S/c1-13-16-18(29-17(13)20(28)24-9-7-23(2)8-10-24)21-12-25(19(16)27)11-15(26)22-14-5-3-4-6-14/h12,14H,3-11H2,1-2H3,(H,22,26). The first-order valence-corrected chi connectivity index (χ1v) is 11.0. The molecule has 0 unspecified atom stereocenters. The lowest BCUT2D eigenvalue weighted by atomic mass is 10.2. The van der Waals surface area contributed by atoms with Crippen LogP contribution in [0.1, 0.15) is 40.9 Å². The maximum atomic E-state index is 13.0. The lowest BCUT2D eigenvalue weighted by Gasteiger charge is -2.32. The molecule has 1 saturated heterocycles. The maximum absolute atomic E-state index is 13.0. The minimum absolute atomic E-state index is 0.0384. The number of rotatable bonds is 4. The summed E-state index contributed by atoms with van der Waals surface area (Å²) in [6.07, 6.45) is 5.69. The van der Waals surface area contributed by atoms with Gasteiger partial charge in [-0.05, 0) is 32.4 Å². The first kappa shape index (κ1) is 20.0. The molecule has 4 rings (SSSR count). The van der Waals surface area contributed by atoms with Crippen LogP contribution in [0, 0.1) is 6.92 Å². The minimum Gasteiger partial charge on any atom is -0.352 e. The van der Waals surface area contributed by atoms with Gasteiger partial charge in [0.05, 0.1) is 16.6 Å². The molecular formula is C20H27N5O3S. The van der Waals surface area contributed by atoms with E-state index in [9.17, 15) is 14.4 Å². The van der Waals surface area contributed by atoms with Gasteiger partial charge < -0.3 is 15.1 Å². The number of thiophene rings is 1. The molecule has 1 saturated carbocycles. The molecule has 1 N–H and O–H groups in total. The van der Waals surface area contributed by atoms with Gasteiger partial charge in [0, 0.05) is 32.2 Å². The van der Waals surface area contributed by atoms with Gasteiger partial charge >= 0.3 is 0 Å². The first-order valence-electron chi connectivity index (χ1n) is 10.2. The van der Waals surface area contributed by atoms with Crippen molar-refractivity contribution in [2.24, 2.45) is 0 Å². The van der Waals surface area contributed by atoms with Gasteiger partial charge in [-0.3, -0.25) is 19.0 Å². The highest BCUT2D eigenvalue weighted by molar-refractivity contribution is 7.20. The Balaban J connectivity index is 1.56. The van der Waals surface area contributed by atoms with Crippen molar-refractivity contribution < 1.29 is 9.59 Å². The second kappa shape index (κ2) is 8.23. The van der Waals surface area contributed by atoms with E-state index in [1.54, 1.807) is 6.92 Å². The number of aryl methyl sites for hydroxylation is 1. The van der Waals surface area contributed by atoms with Gasteiger partial charge in [-0.1, -0.05) is 12.8 Å². The zero-order valence-electron chi connectivity index (χ0n) is 16.9. The molecule has 2 aromatic heterocycles. The Morgan fingerprint density at radius 2 is 1.90 bits per heavy atom. The number of nitrogens with one attached hydrogen (secondary N) is 1. The van der Waals surface area contributed by atoms with E-state index >= 15 is 0 Å². The summed E-state index contributed by atoms with van der Waals surface area (Å²) in [4.78, 5) is 47.8. The number of hydrogen-bond donors (Lipinski definition) is 1. The number of amides is 2. The largest absolute Gasteiger partial charge is 0.352 e. The Kier molecular flexibility index (Phi) is 5.69. The van der Waals surface area contributed by atoms with E-state index in [0.717, 1.165) is 38.8 Å². The Labute approximate surface area is 173 Å². The zero-order chi connectivity index (χ0) is 20.5. The van der Waals surface area contributed by atoms with Crippen molar-refractivity contribution >= 4 is 33.4 Å². The molecule has 0 aromatic carbocycles. The molecule has 0 atom stereocenters. The maximum Gasteiger partial charge on any atom is 0.264 e. The third kappa shape index (κ3) is 4.06. The van der Waals surface area contributed by atoms with Crippen LogP contribution in [0.4, 0.5) is 0 Å². The predicted molar refractivity (Wildman–Crippen MR) is 112 cm³/mol. The van der Waals surface area contributed by atoms with Gasteiger partial charge in [0.2, 0.25) is 5.91 Å². The van der Waals surface area contributed by atoms with Crippen molar-refractivity contribution in [3.63, 3.8) is 0 Å². The zero-order valence-corrected chi connectivity index (χ0v) is 17.8. The second-order valence-electron chi connectivity index (χ2n) is 8.06. The van der Waals surface area contributed by atoms with Gasteiger partial charge in [0.15, 0.2) is 0 Å². The summed E-state index contributed by atoms with van der Waals surface area (Å²) in [5.41, 5.74) is 0.403. The molecule has 2 aliphatic rings. The van der Waals surface area contributed by atoms with Gasteiger partial charge in [-0.2, -0.15) is 0 Å². The molecule has 2 fully saturated rings. The normalized spacial score (nSPS) is 18.5. The quantitative estimate of drug-likeness (QED) is 0.808. The number of piperazine rings is 1. The van der Waals surface area contributed by atoms with Crippen LogP contribution < -0.4 is 10.9 Å². The van der Waals surface area contributed by atoms with E-state index in [1.807, 2.05) is 11.9 Å². The molecule has 2 amide bonds.